The summed E-state index contributed by atoms with van der Waals surface area (Å²) >= 11 is 0. The first kappa shape index (κ1) is 11.5. The molecule has 0 amide bonds. The quantitative estimate of drug-likeness (QED) is 0.830. The first-order valence-electron chi connectivity index (χ1n) is 5.96. The van der Waals surface area contributed by atoms with E-state index in [2.05, 4.69) is 47.1 Å². The Morgan fingerprint density at radius 2 is 2.25 bits per heavy atom. The largest absolute Gasteiger partial charge is 0.386 e. The maximum atomic E-state index is 4.44. The topological polar surface area (TPSA) is 33.1 Å². The summed E-state index contributed by atoms with van der Waals surface area (Å²) in [7, 11) is 4.14. The summed E-state index contributed by atoms with van der Waals surface area (Å²) in [5, 5.41) is 7.56. The summed E-state index contributed by atoms with van der Waals surface area (Å²) in [5.41, 5.74) is 1.37. The Bertz CT molecular complexity index is 356. The summed E-state index contributed by atoms with van der Waals surface area (Å²) in [5.74, 6) is 0. The highest BCUT2D eigenvalue weighted by atomic mass is 15.3. The van der Waals surface area contributed by atoms with Crippen LogP contribution in [0.2, 0.25) is 0 Å². The molecule has 2 heterocycles. The van der Waals surface area contributed by atoms with Crippen molar-refractivity contribution in [3.8, 4) is 0 Å². The Morgan fingerprint density at radius 3 is 2.81 bits per heavy atom. The number of hydrogen-bond donors (Lipinski definition) is 1. The molecule has 1 N–H and O–H groups in total. The minimum absolute atomic E-state index is 0.272. The zero-order chi connectivity index (χ0) is 11.8. The van der Waals surface area contributed by atoms with Gasteiger partial charge in [-0.1, -0.05) is 0 Å². The number of aromatic nitrogens is 2. The van der Waals surface area contributed by atoms with Gasteiger partial charge in [0.15, 0.2) is 0 Å². The molecule has 0 aromatic carbocycles. The fourth-order valence-corrected chi connectivity index (χ4v) is 2.37. The maximum Gasteiger partial charge on any atom is 0.0724 e. The molecule has 1 aromatic heterocycles. The minimum Gasteiger partial charge on any atom is -0.386 e. The highest BCUT2D eigenvalue weighted by Crippen LogP contribution is 2.33. The monoisotopic (exact) mass is 222 g/mol. The van der Waals surface area contributed by atoms with Gasteiger partial charge in [-0.2, -0.15) is 5.10 Å². The van der Waals surface area contributed by atoms with Gasteiger partial charge in [0, 0.05) is 25.3 Å². The average molecular weight is 222 g/mol. The lowest BCUT2D eigenvalue weighted by Crippen LogP contribution is -2.47. The zero-order valence-electron chi connectivity index (χ0n) is 10.7. The van der Waals surface area contributed by atoms with Crippen LogP contribution in [0, 0.1) is 0 Å². The molecule has 0 aliphatic carbocycles. The molecule has 1 aliphatic heterocycles. The lowest BCUT2D eigenvalue weighted by atomic mass is 9.87. The molecular formula is C12H22N4. The highest BCUT2D eigenvalue weighted by molar-refractivity contribution is 5.37. The van der Waals surface area contributed by atoms with Gasteiger partial charge in [0.25, 0.3) is 0 Å². The van der Waals surface area contributed by atoms with Gasteiger partial charge < -0.3 is 10.2 Å². The molecule has 1 saturated heterocycles. The number of likely N-dealkylation sites (tertiary alicyclic amines) is 1. The Kier molecular flexibility index (Phi) is 2.93. The van der Waals surface area contributed by atoms with Crippen molar-refractivity contribution < 1.29 is 0 Å². The molecule has 16 heavy (non-hydrogen) atoms. The van der Waals surface area contributed by atoms with Crippen LogP contribution in [-0.2, 0) is 0 Å². The lowest BCUT2D eigenvalue weighted by Gasteiger charge is -2.43. The predicted molar refractivity (Wildman–Crippen MR) is 66.8 cm³/mol. The van der Waals surface area contributed by atoms with Crippen molar-refractivity contribution in [1.82, 2.24) is 14.7 Å². The van der Waals surface area contributed by atoms with E-state index in [1.54, 1.807) is 0 Å². The van der Waals surface area contributed by atoms with Crippen LogP contribution in [0.25, 0.3) is 0 Å². The molecule has 1 aromatic rings. The minimum atomic E-state index is 0.272. The fourth-order valence-electron chi connectivity index (χ4n) is 2.37. The number of nitrogens with zero attached hydrogens (tertiary/aromatic N) is 3. The Hall–Kier alpha value is -1.03. The van der Waals surface area contributed by atoms with Crippen molar-refractivity contribution in [3.63, 3.8) is 0 Å². The van der Waals surface area contributed by atoms with E-state index in [1.165, 1.54) is 6.42 Å². The smallest absolute Gasteiger partial charge is 0.0724 e. The zero-order valence-corrected chi connectivity index (χ0v) is 10.7. The van der Waals surface area contributed by atoms with Crippen molar-refractivity contribution >= 4 is 5.69 Å². The van der Waals surface area contributed by atoms with Crippen molar-refractivity contribution in [2.24, 2.45) is 0 Å². The van der Waals surface area contributed by atoms with E-state index in [0.717, 1.165) is 18.7 Å². The van der Waals surface area contributed by atoms with Crippen LogP contribution in [0.15, 0.2) is 12.4 Å². The van der Waals surface area contributed by atoms with E-state index < -0.39 is 0 Å². The van der Waals surface area contributed by atoms with E-state index in [-0.39, 0.29) is 5.54 Å². The van der Waals surface area contributed by atoms with Gasteiger partial charge in [-0.15, -0.1) is 0 Å². The summed E-state index contributed by atoms with van der Waals surface area (Å²) < 4.78 is 2.11. The van der Waals surface area contributed by atoms with Crippen LogP contribution in [0.4, 0.5) is 5.69 Å². The van der Waals surface area contributed by atoms with Gasteiger partial charge >= 0.3 is 0 Å². The van der Waals surface area contributed by atoms with Gasteiger partial charge in [0.2, 0.25) is 0 Å². The van der Waals surface area contributed by atoms with E-state index in [9.17, 15) is 0 Å². The SMILES string of the molecule is CNc1cnn(C2CCN(C)C(C)(C)C2)c1. The summed E-state index contributed by atoms with van der Waals surface area (Å²) in [6.07, 6.45) is 6.34. The number of anilines is 1. The van der Waals surface area contributed by atoms with Gasteiger partial charge in [-0.05, 0) is 33.7 Å². The second kappa shape index (κ2) is 4.09. The van der Waals surface area contributed by atoms with Gasteiger partial charge in [-0.25, -0.2) is 0 Å². The second-order valence-corrected chi connectivity index (χ2v) is 5.34. The van der Waals surface area contributed by atoms with Crippen molar-refractivity contribution in [3.05, 3.63) is 12.4 Å². The summed E-state index contributed by atoms with van der Waals surface area (Å²) in [4.78, 5) is 2.44. The standard InChI is InChI=1S/C12H22N4/c1-12(2)7-11(5-6-15(12)4)16-9-10(13-3)8-14-16/h8-9,11,13H,5-7H2,1-4H3. The van der Waals surface area contributed by atoms with E-state index in [1.807, 2.05) is 13.2 Å². The maximum absolute atomic E-state index is 4.44. The molecule has 0 bridgehead atoms. The second-order valence-electron chi connectivity index (χ2n) is 5.34. The van der Waals surface area contributed by atoms with Gasteiger partial charge in [0.05, 0.1) is 17.9 Å². The van der Waals surface area contributed by atoms with Crippen LogP contribution in [0.3, 0.4) is 0 Å². The number of nitrogens with one attached hydrogen (secondary N) is 1. The van der Waals surface area contributed by atoms with E-state index in [4.69, 9.17) is 0 Å². The molecule has 1 fully saturated rings. The van der Waals surface area contributed by atoms with Crippen LogP contribution >= 0.6 is 0 Å². The molecule has 4 heteroatoms. The third kappa shape index (κ3) is 2.07. The number of piperidine rings is 1. The Labute approximate surface area is 97.6 Å². The average Bonchev–Trinajstić information content (AvgIpc) is 2.70. The van der Waals surface area contributed by atoms with Crippen LogP contribution < -0.4 is 5.32 Å². The van der Waals surface area contributed by atoms with Crippen LogP contribution in [0.5, 0.6) is 0 Å². The third-order valence-corrected chi connectivity index (χ3v) is 3.83. The molecule has 0 radical (unpaired) electrons. The first-order valence-corrected chi connectivity index (χ1v) is 5.96. The molecule has 0 spiro atoms. The molecular weight excluding hydrogens is 200 g/mol. The van der Waals surface area contributed by atoms with Crippen LogP contribution in [0.1, 0.15) is 32.7 Å². The van der Waals surface area contributed by atoms with Gasteiger partial charge in [-0.3, -0.25) is 4.68 Å². The van der Waals surface area contributed by atoms with Crippen molar-refractivity contribution in [1.29, 1.82) is 0 Å². The van der Waals surface area contributed by atoms with Gasteiger partial charge in [0.1, 0.15) is 0 Å². The molecule has 1 unspecified atom stereocenters. The summed E-state index contributed by atoms with van der Waals surface area (Å²) in [6, 6.07) is 0.535. The lowest BCUT2D eigenvalue weighted by molar-refractivity contribution is 0.0719. The molecule has 4 nitrogen and oxygen atoms in total. The summed E-state index contributed by atoms with van der Waals surface area (Å²) in [6.45, 7) is 5.76. The molecule has 1 aliphatic rings. The normalized spacial score (nSPS) is 25.6. The number of hydrogen-bond acceptors (Lipinski definition) is 3. The van der Waals surface area contributed by atoms with E-state index in [0.29, 0.717) is 6.04 Å². The predicted octanol–water partition coefficient (Wildman–Crippen LogP) is 1.97. The Balaban J connectivity index is 2.11. The highest BCUT2D eigenvalue weighted by Gasteiger charge is 2.33. The Morgan fingerprint density at radius 1 is 1.50 bits per heavy atom. The number of rotatable bonds is 2. The first-order chi connectivity index (χ1) is 7.53. The molecule has 0 saturated carbocycles. The molecule has 1 atom stereocenters. The molecule has 2 rings (SSSR count). The van der Waals surface area contributed by atoms with E-state index >= 15 is 0 Å². The van der Waals surface area contributed by atoms with Crippen LogP contribution in [-0.4, -0.2) is 40.9 Å². The molecule has 90 valence electrons. The fraction of sp³-hybridized carbons (Fsp3) is 0.750. The van der Waals surface area contributed by atoms with Crippen molar-refractivity contribution in [2.75, 3.05) is 26.0 Å². The third-order valence-electron chi connectivity index (χ3n) is 3.83. The van der Waals surface area contributed by atoms with Crippen molar-refractivity contribution in [2.45, 2.75) is 38.3 Å².